The second-order valence-corrected chi connectivity index (χ2v) is 9.67. The average molecular weight is 528 g/mol. The van der Waals surface area contributed by atoms with Gasteiger partial charge in [0.05, 0.1) is 12.3 Å². The van der Waals surface area contributed by atoms with E-state index >= 15 is 0 Å². The van der Waals surface area contributed by atoms with Gasteiger partial charge in [-0.3, -0.25) is 14.4 Å². The summed E-state index contributed by atoms with van der Waals surface area (Å²) in [5, 5.41) is 8.81. The molecule has 0 radical (unpaired) electrons. The number of benzene rings is 1. The lowest BCUT2D eigenvalue weighted by Crippen LogP contribution is -2.33. The molecule has 9 heteroatoms. The first-order valence-corrected chi connectivity index (χ1v) is 12.6. The molecule has 0 unspecified atom stereocenters. The van der Waals surface area contributed by atoms with Crippen LogP contribution in [-0.4, -0.2) is 43.3 Å². The van der Waals surface area contributed by atoms with Crippen LogP contribution in [0.3, 0.4) is 0 Å². The number of nitrogens with two attached hydrogens (primary N) is 1. The molecular weight excluding hydrogens is 482 g/mol. The van der Waals surface area contributed by atoms with Crippen molar-refractivity contribution < 1.29 is 19.1 Å². The van der Waals surface area contributed by atoms with Crippen LogP contribution in [-0.2, 0) is 20.8 Å². The fraction of sp³-hybridized carbons (Fsp3) is 0.448. The van der Waals surface area contributed by atoms with Crippen LogP contribution >= 0.6 is 0 Å². The highest BCUT2D eigenvalue weighted by Crippen LogP contribution is 2.31. The fourth-order valence-corrected chi connectivity index (χ4v) is 3.58. The number of rotatable bonds is 11. The Bertz CT molecular complexity index is 1020. The third kappa shape index (κ3) is 14.6. The third-order valence-corrected chi connectivity index (χ3v) is 5.05. The van der Waals surface area contributed by atoms with Crippen LogP contribution in [0.2, 0.25) is 0 Å². The normalized spacial score (nSPS) is 11.0. The van der Waals surface area contributed by atoms with E-state index < -0.39 is 0 Å². The summed E-state index contributed by atoms with van der Waals surface area (Å²) >= 11 is 0. The zero-order valence-corrected chi connectivity index (χ0v) is 24.1. The Balaban J connectivity index is 0.00000103. The Kier molecular flexibility index (Phi) is 16.5. The van der Waals surface area contributed by atoms with Gasteiger partial charge in [-0.25, -0.2) is 4.98 Å². The van der Waals surface area contributed by atoms with Gasteiger partial charge in [0.25, 0.3) is 0 Å². The number of amides is 2. The van der Waals surface area contributed by atoms with E-state index in [-0.39, 0.29) is 29.5 Å². The number of nitrogens with one attached hydrogen (secondary N) is 3. The van der Waals surface area contributed by atoms with Crippen LogP contribution in [0.25, 0.3) is 0 Å². The smallest absolute Gasteiger partial charge is 0.225 e. The molecule has 5 N–H and O–H groups in total. The van der Waals surface area contributed by atoms with Gasteiger partial charge >= 0.3 is 0 Å². The minimum atomic E-state index is -0.281. The van der Waals surface area contributed by atoms with Crippen molar-refractivity contribution >= 4 is 24.4 Å². The maximum absolute atomic E-state index is 12.5. The van der Waals surface area contributed by atoms with Crippen molar-refractivity contribution in [3.63, 3.8) is 0 Å². The van der Waals surface area contributed by atoms with Gasteiger partial charge in [0.2, 0.25) is 12.3 Å². The largest absolute Gasteiger partial charge is 0.494 e. The van der Waals surface area contributed by atoms with Crippen LogP contribution in [0.4, 0.5) is 5.82 Å². The number of anilines is 1. The monoisotopic (exact) mass is 527 g/mol. The van der Waals surface area contributed by atoms with Crippen molar-refractivity contribution in [2.75, 3.05) is 19.0 Å². The van der Waals surface area contributed by atoms with Crippen molar-refractivity contribution in [1.29, 1.82) is 0 Å². The molecule has 0 saturated carbocycles. The number of allylic oxidation sites excluding steroid dienone is 2. The van der Waals surface area contributed by atoms with E-state index in [1.54, 1.807) is 13.1 Å². The lowest BCUT2D eigenvalue weighted by Gasteiger charge is -2.26. The molecule has 2 rings (SSSR count). The summed E-state index contributed by atoms with van der Waals surface area (Å²) in [5.41, 5.74) is 7.10. The number of carbonyl (C=O) groups is 3. The molecule has 0 fully saturated rings. The van der Waals surface area contributed by atoms with Crippen molar-refractivity contribution in [2.24, 2.45) is 11.1 Å². The number of primary amides is 1. The zero-order chi connectivity index (χ0) is 29.1. The molecule has 0 saturated heterocycles. The van der Waals surface area contributed by atoms with Crippen molar-refractivity contribution in [2.45, 2.75) is 67.3 Å². The Morgan fingerprint density at radius 2 is 1.84 bits per heavy atom. The molecule has 0 aliphatic carbocycles. The Labute approximate surface area is 227 Å². The number of hydrogen-bond acceptors (Lipinski definition) is 7. The van der Waals surface area contributed by atoms with Gasteiger partial charge in [0, 0.05) is 31.4 Å². The average Bonchev–Trinajstić information content (AvgIpc) is 2.84. The third-order valence-electron chi connectivity index (χ3n) is 5.05. The van der Waals surface area contributed by atoms with Gasteiger partial charge < -0.3 is 26.4 Å². The number of aryl methyl sites for hydroxylation is 1. The molecule has 2 amide bonds. The molecule has 9 nitrogen and oxygen atoms in total. The highest BCUT2D eigenvalue weighted by Gasteiger charge is 2.25. The molecule has 1 aromatic heterocycles. The molecule has 210 valence electrons. The number of carbonyl (C=O) groups excluding carboxylic acids is 3. The second-order valence-electron chi connectivity index (χ2n) is 9.67. The van der Waals surface area contributed by atoms with Gasteiger partial charge in [-0.05, 0) is 70.2 Å². The van der Waals surface area contributed by atoms with Crippen molar-refractivity contribution in [3.8, 4) is 5.75 Å². The highest BCUT2D eigenvalue weighted by atomic mass is 16.5. The van der Waals surface area contributed by atoms with Crippen LogP contribution in [0.15, 0.2) is 54.0 Å². The molecule has 1 aromatic carbocycles. The quantitative estimate of drug-likeness (QED) is 0.255. The van der Waals surface area contributed by atoms with Gasteiger partial charge in [-0.1, -0.05) is 37.6 Å². The molecule has 38 heavy (non-hydrogen) atoms. The Hall–Kier alpha value is -3.88. The lowest BCUT2D eigenvalue weighted by atomic mass is 9.81. The van der Waals surface area contributed by atoms with E-state index in [0.29, 0.717) is 31.4 Å². The maximum Gasteiger partial charge on any atom is 0.225 e. The van der Waals surface area contributed by atoms with E-state index in [1.165, 1.54) is 0 Å². The van der Waals surface area contributed by atoms with Crippen LogP contribution in [0, 0.1) is 12.3 Å². The summed E-state index contributed by atoms with van der Waals surface area (Å²) in [7, 11) is 1.85. The number of aromatic nitrogens is 1. The minimum absolute atomic E-state index is 0.169. The highest BCUT2D eigenvalue weighted by molar-refractivity contribution is 5.86. The lowest BCUT2D eigenvalue weighted by molar-refractivity contribution is -0.123. The first-order chi connectivity index (χ1) is 17.9. The van der Waals surface area contributed by atoms with E-state index in [4.69, 9.17) is 9.53 Å². The Morgan fingerprint density at radius 3 is 2.32 bits per heavy atom. The molecule has 0 aliphatic heterocycles. The number of hydrogen-bond donors (Lipinski definition) is 4. The summed E-state index contributed by atoms with van der Waals surface area (Å²) in [6, 6.07) is 12.1. The van der Waals surface area contributed by atoms with E-state index in [9.17, 15) is 9.59 Å². The van der Waals surface area contributed by atoms with E-state index in [0.717, 1.165) is 22.7 Å². The summed E-state index contributed by atoms with van der Waals surface area (Å²) in [4.78, 5) is 36.4. The first-order valence-electron chi connectivity index (χ1n) is 12.6. The minimum Gasteiger partial charge on any atom is -0.494 e. The standard InChI is InChI=1S/C22H34N2O3.C6H8N2.CH3NO/c1-8-27-20-10-9-16(4)11-18(20)12-22(6,7)13-21(26)24-19(14-25)17(5)23-15(2)3;1-7-6-4-2-3-5-8-6;2-1-3/h9-11,14-15,23H,8,12-13H2,1-7H3,(H,24,26);2-5H,1H3,(H,7,8);1H,(H2,2,3)/b19-17+;;. The number of pyridine rings is 1. The van der Waals surface area contributed by atoms with Crippen LogP contribution in [0.5, 0.6) is 5.75 Å². The number of ether oxygens (including phenoxy) is 1. The van der Waals surface area contributed by atoms with Crippen molar-refractivity contribution in [1.82, 2.24) is 15.6 Å². The SMILES string of the molecule is CCOc1ccc(C)cc1CC(C)(C)CC(=O)N/C(C=O)=C(\C)NC(C)C.CNc1ccccn1.NC=O. The van der Waals surface area contributed by atoms with Gasteiger partial charge in [0.15, 0.2) is 6.29 Å². The maximum atomic E-state index is 12.5. The summed E-state index contributed by atoms with van der Waals surface area (Å²) < 4.78 is 5.73. The van der Waals surface area contributed by atoms with Crippen LogP contribution < -0.4 is 26.4 Å². The number of nitrogens with zero attached hydrogens (tertiary/aromatic N) is 1. The summed E-state index contributed by atoms with van der Waals surface area (Å²) in [5.74, 6) is 1.60. The molecule has 0 aliphatic rings. The fourth-order valence-electron chi connectivity index (χ4n) is 3.58. The van der Waals surface area contributed by atoms with Crippen molar-refractivity contribution in [3.05, 3.63) is 65.1 Å². The van der Waals surface area contributed by atoms with E-state index in [1.807, 2.05) is 78.9 Å². The Morgan fingerprint density at radius 1 is 1.18 bits per heavy atom. The van der Waals surface area contributed by atoms with Crippen LogP contribution in [0.1, 0.15) is 59.1 Å². The summed E-state index contributed by atoms with van der Waals surface area (Å²) in [6.45, 7) is 14.5. The molecule has 0 bridgehead atoms. The van der Waals surface area contributed by atoms with E-state index in [2.05, 4.69) is 32.7 Å². The first kappa shape index (κ1) is 34.1. The molecule has 0 atom stereocenters. The topological polar surface area (TPSA) is 135 Å². The second kappa shape index (κ2) is 18.4. The predicted molar refractivity (Wildman–Crippen MR) is 154 cm³/mol. The molecule has 1 heterocycles. The molecular formula is C29H45N5O4. The zero-order valence-electron chi connectivity index (χ0n) is 24.1. The summed E-state index contributed by atoms with van der Waals surface area (Å²) in [6.07, 6.45) is 3.70. The van der Waals surface area contributed by atoms with Gasteiger partial charge in [0.1, 0.15) is 11.6 Å². The number of aldehydes is 1. The predicted octanol–water partition coefficient (Wildman–Crippen LogP) is 4.12. The van der Waals surface area contributed by atoms with Gasteiger partial charge in [-0.15, -0.1) is 0 Å². The van der Waals surface area contributed by atoms with Gasteiger partial charge in [-0.2, -0.15) is 0 Å². The molecule has 0 spiro atoms. The molecule has 2 aromatic rings.